The average molecular weight is 267 g/mol. The third kappa shape index (κ3) is 2.97. The highest BCUT2D eigenvalue weighted by molar-refractivity contribution is 4.97. The molecular formula is C15H29N3O. The van der Waals surface area contributed by atoms with Gasteiger partial charge in [0.1, 0.15) is 0 Å². The van der Waals surface area contributed by atoms with E-state index in [1.54, 1.807) is 0 Å². The molecule has 110 valence electrons. The van der Waals surface area contributed by atoms with Crippen LogP contribution in [0.15, 0.2) is 0 Å². The van der Waals surface area contributed by atoms with E-state index in [0.29, 0.717) is 0 Å². The summed E-state index contributed by atoms with van der Waals surface area (Å²) in [5.41, 5.74) is 0.246. The Morgan fingerprint density at radius 3 is 2.68 bits per heavy atom. The molecule has 0 aromatic rings. The summed E-state index contributed by atoms with van der Waals surface area (Å²) in [5.74, 6) is 0. The van der Waals surface area contributed by atoms with Crippen LogP contribution < -0.4 is 5.32 Å². The molecule has 0 radical (unpaired) electrons. The SMILES string of the molecule is CC(C)(CNC1CCN2CCCC12)N1CCOCC1. The van der Waals surface area contributed by atoms with Crippen molar-refractivity contribution in [3.8, 4) is 0 Å². The Hall–Kier alpha value is -0.160. The Kier molecular flexibility index (Phi) is 4.13. The van der Waals surface area contributed by atoms with Gasteiger partial charge in [0.05, 0.1) is 13.2 Å². The van der Waals surface area contributed by atoms with Gasteiger partial charge in [-0.2, -0.15) is 0 Å². The molecule has 0 amide bonds. The molecule has 0 saturated carbocycles. The van der Waals surface area contributed by atoms with Crippen LogP contribution in [0.3, 0.4) is 0 Å². The van der Waals surface area contributed by atoms with Crippen LogP contribution in [-0.4, -0.2) is 73.4 Å². The molecule has 3 heterocycles. The van der Waals surface area contributed by atoms with Gasteiger partial charge in [0, 0.05) is 43.8 Å². The maximum Gasteiger partial charge on any atom is 0.0594 e. The first-order chi connectivity index (χ1) is 9.17. The van der Waals surface area contributed by atoms with Gasteiger partial charge in [-0.15, -0.1) is 0 Å². The molecule has 2 unspecified atom stereocenters. The lowest BCUT2D eigenvalue weighted by molar-refractivity contribution is -0.0105. The van der Waals surface area contributed by atoms with Crippen molar-refractivity contribution in [2.75, 3.05) is 45.9 Å². The maximum atomic E-state index is 5.46. The van der Waals surface area contributed by atoms with E-state index in [2.05, 4.69) is 29.0 Å². The minimum atomic E-state index is 0.246. The quantitative estimate of drug-likeness (QED) is 0.820. The summed E-state index contributed by atoms with van der Waals surface area (Å²) in [6.07, 6.45) is 4.13. The average Bonchev–Trinajstić information content (AvgIpc) is 3.01. The summed E-state index contributed by atoms with van der Waals surface area (Å²) in [6, 6.07) is 1.54. The van der Waals surface area contributed by atoms with Gasteiger partial charge >= 0.3 is 0 Å². The summed E-state index contributed by atoms with van der Waals surface area (Å²) in [7, 11) is 0. The second kappa shape index (κ2) is 5.68. The third-order valence-corrected chi connectivity index (χ3v) is 5.27. The van der Waals surface area contributed by atoms with Gasteiger partial charge in [0.15, 0.2) is 0 Å². The van der Waals surface area contributed by atoms with Crippen molar-refractivity contribution >= 4 is 0 Å². The molecule has 3 rings (SSSR count). The molecule has 3 fully saturated rings. The van der Waals surface area contributed by atoms with E-state index >= 15 is 0 Å². The van der Waals surface area contributed by atoms with Crippen LogP contribution in [0.25, 0.3) is 0 Å². The first kappa shape index (κ1) is 13.8. The Labute approximate surface area is 117 Å². The molecule has 0 bridgehead atoms. The third-order valence-electron chi connectivity index (χ3n) is 5.27. The first-order valence-electron chi connectivity index (χ1n) is 7.97. The smallest absolute Gasteiger partial charge is 0.0594 e. The Bertz CT molecular complexity index is 302. The number of nitrogens with zero attached hydrogens (tertiary/aromatic N) is 2. The fourth-order valence-corrected chi connectivity index (χ4v) is 3.98. The predicted octanol–water partition coefficient (Wildman–Crippen LogP) is 0.924. The van der Waals surface area contributed by atoms with Gasteiger partial charge in [0.25, 0.3) is 0 Å². The van der Waals surface area contributed by atoms with Crippen LogP contribution in [0.5, 0.6) is 0 Å². The molecule has 0 aromatic carbocycles. The van der Waals surface area contributed by atoms with Crippen LogP contribution in [0, 0.1) is 0 Å². The molecule has 3 aliphatic heterocycles. The summed E-state index contributed by atoms with van der Waals surface area (Å²) in [4.78, 5) is 5.25. The van der Waals surface area contributed by atoms with Crippen LogP contribution in [0.1, 0.15) is 33.1 Å². The minimum Gasteiger partial charge on any atom is -0.379 e. The molecule has 19 heavy (non-hydrogen) atoms. The molecule has 2 atom stereocenters. The zero-order valence-electron chi connectivity index (χ0n) is 12.5. The standard InChI is InChI=1S/C15H29N3O/c1-15(2,18-8-10-19-11-9-18)12-16-13-5-7-17-6-3-4-14(13)17/h13-14,16H,3-12H2,1-2H3. The van der Waals surface area contributed by atoms with Crippen molar-refractivity contribution in [2.45, 2.75) is 50.7 Å². The van der Waals surface area contributed by atoms with Gasteiger partial charge in [-0.3, -0.25) is 9.80 Å². The Balaban J connectivity index is 1.50. The van der Waals surface area contributed by atoms with E-state index in [-0.39, 0.29) is 5.54 Å². The molecular weight excluding hydrogens is 238 g/mol. The fraction of sp³-hybridized carbons (Fsp3) is 1.00. The molecule has 4 nitrogen and oxygen atoms in total. The summed E-state index contributed by atoms with van der Waals surface area (Å²) < 4.78 is 5.46. The predicted molar refractivity (Wildman–Crippen MR) is 77.5 cm³/mol. The van der Waals surface area contributed by atoms with Gasteiger partial charge in [-0.25, -0.2) is 0 Å². The number of nitrogens with one attached hydrogen (secondary N) is 1. The van der Waals surface area contributed by atoms with Crippen molar-refractivity contribution < 1.29 is 4.74 Å². The number of morpholine rings is 1. The van der Waals surface area contributed by atoms with E-state index in [1.807, 2.05) is 0 Å². The van der Waals surface area contributed by atoms with E-state index in [4.69, 9.17) is 4.74 Å². The number of hydrogen-bond donors (Lipinski definition) is 1. The lowest BCUT2D eigenvalue weighted by Gasteiger charge is -2.41. The lowest BCUT2D eigenvalue weighted by Crippen LogP contribution is -2.56. The molecule has 4 heteroatoms. The van der Waals surface area contributed by atoms with Gasteiger partial charge < -0.3 is 10.1 Å². The molecule has 0 spiro atoms. The van der Waals surface area contributed by atoms with Gasteiger partial charge in [-0.1, -0.05) is 0 Å². The highest BCUT2D eigenvalue weighted by atomic mass is 16.5. The number of fused-ring (bicyclic) bond motifs is 1. The fourth-order valence-electron chi connectivity index (χ4n) is 3.98. The van der Waals surface area contributed by atoms with Crippen molar-refractivity contribution in [1.29, 1.82) is 0 Å². The minimum absolute atomic E-state index is 0.246. The first-order valence-corrected chi connectivity index (χ1v) is 7.97. The van der Waals surface area contributed by atoms with E-state index in [1.165, 1.54) is 32.4 Å². The summed E-state index contributed by atoms with van der Waals surface area (Å²) >= 11 is 0. The van der Waals surface area contributed by atoms with E-state index in [9.17, 15) is 0 Å². The molecule has 3 saturated heterocycles. The molecule has 0 aromatic heterocycles. The molecule has 3 aliphatic rings. The van der Waals surface area contributed by atoms with Crippen LogP contribution in [-0.2, 0) is 4.74 Å². The Morgan fingerprint density at radius 2 is 1.89 bits per heavy atom. The lowest BCUT2D eigenvalue weighted by atomic mass is 10.00. The Morgan fingerprint density at radius 1 is 1.11 bits per heavy atom. The highest BCUT2D eigenvalue weighted by Gasteiger charge is 2.38. The van der Waals surface area contributed by atoms with Crippen molar-refractivity contribution in [2.24, 2.45) is 0 Å². The maximum absolute atomic E-state index is 5.46. The second-order valence-corrected chi connectivity index (χ2v) is 6.93. The summed E-state index contributed by atoms with van der Waals surface area (Å²) in [6.45, 7) is 12.4. The van der Waals surface area contributed by atoms with Gasteiger partial charge in [-0.05, 0) is 39.7 Å². The number of hydrogen-bond acceptors (Lipinski definition) is 4. The number of ether oxygens (including phenoxy) is 1. The molecule has 1 N–H and O–H groups in total. The summed E-state index contributed by atoms with van der Waals surface area (Å²) in [5, 5.41) is 3.87. The largest absolute Gasteiger partial charge is 0.379 e. The van der Waals surface area contributed by atoms with Crippen LogP contribution in [0.2, 0.25) is 0 Å². The number of rotatable bonds is 4. The van der Waals surface area contributed by atoms with Crippen molar-refractivity contribution in [3.05, 3.63) is 0 Å². The van der Waals surface area contributed by atoms with Crippen LogP contribution >= 0.6 is 0 Å². The topological polar surface area (TPSA) is 27.7 Å². The van der Waals surface area contributed by atoms with Crippen LogP contribution in [0.4, 0.5) is 0 Å². The zero-order chi connectivity index (χ0) is 13.3. The highest BCUT2D eigenvalue weighted by Crippen LogP contribution is 2.28. The second-order valence-electron chi connectivity index (χ2n) is 6.93. The monoisotopic (exact) mass is 267 g/mol. The van der Waals surface area contributed by atoms with Crippen molar-refractivity contribution in [3.63, 3.8) is 0 Å². The van der Waals surface area contributed by atoms with Gasteiger partial charge in [0.2, 0.25) is 0 Å². The van der Waals surface area contributed by atoms with E-state index in [0.717, 1.165) is 44.9 Å². The normalized spacial score (nSPS) is 33.8. The molecule has 0 aliphatic carbocycles. The van der Waals surface area contributed by atoms with E-state index < -0.39 is 0 Å². The zero-order valence-corrected chi connectivity index (χ0v) is 12.5. The van der Waals surface area contributed by atoms with Crippen molar-refractivity contribution in [1.82, 2.24) is 15.1 Å².